The number of benzene rings is 1. The topological polar surface area (TPSA) is 72.6 Å². The van der Waals surface area contributed by atoms with E-state index in [2.05, 4.69) is 4.74 Å². The van der Waals surface area contributed by atoms with E-state index < -0.39 is 11.8 Å². The molecule has 0 atom stereocenters. The van der Waals surface area contributed by atoms with Gasteiger partial charge >= 0.3 is 5.97 Å². The molecule has 0 heterocycles. The standard InChI is InChI=1S/C12H15FN2O3/c1-15(6-5-11(16)18-2)12(17)8-3-4-10(14)9(13)7-8/h3-4,7H,5-6,14H2,1-2H3. The average Bonchev–Trinajstić information content (AvgIpc) is 2.37. The lowest BCUT2D eigenvalue weighted by molar-refractivity contribution is -0.140. The Hall–Kier alpha value is -2.11. The molecule has 0 unspecified atom stereocenters. The molecule has 0 fully saturated rings. The summed E-state index contributed by atoms with van der Waals surface area (Å²) in [5.74, 6) is -1.42. The van der Waals surface area contributed by atoms with Gasteiger partial charge in [0.25, 0.3) is 5.91 Å². The van der Waals surface area contributed by atoms with E-state index in [1.165, 1.54) is 31.2 Å². The van der Waals surface area contributed by atoms with Gasteiger partial charge in [-0.05, 0) is 18.2 Å². The van der Waals surface area contributed by atoms with Crippen LogP contribution in [0.15, 0.2) is 18.2 Å². The zero-order valence-electron chi connectivity index (χ0n) is 10.3. The predicted molar refractivity (Wildman–Crippen MR) is 64.4 cm³/mol. The minimum atomic E-state index is -0.637. The Morgan fingerprint density at radius 2 is 2.11 bits per heavy atom. The number of halogens is 1. The van der Waals surface area contributed by atoms with Crippen molar-refractivity contribution in [3.8, 4) is 0 Å². The SMILES string of the molecule is COC(=O)CCN(C)C(=O)c1ccc(N)c(F)c1. The second-order valence-electron chi connectivity index (χ2n) is 3.79. The van der Waals surface area contributed by atoms with Crippen molar-refractivity contribution in [2.24, 2.45) is 0 Å². The number of nitrogen functional groups attached to an aromatic ring is 1. The average molecular weight is 254 g/mol. The molecule has 0 bridgehead atoms. The van der Waals surface area contributed by atoms with Crippen LogP contribution >= 0.6 is 0 Å². The second kappa shape index (κ2) is 6.00. The van der Waals surface area contributed by atoms with Gasteiger partial charge in [-0.2, -0.15) is 0 Å². The van der Waals surface area contributed by atoms with Gasteiger partial charge in [0.15, 0.2) is 0 Å². The van der Waals surface area contributed by atoms with Crippen LogP contribution in [0.1, 0.15) is 16.8 Å². The molecule has 0 aliphatic rings. The van der Waals surface area contributed by atoms with Gasteiger partial charge in [0, 0.05) is 19.2 Å². The van der Waals surface area contributed by atoms with Gasteiger partial charge in [-0.1, -0.05) is 0 Å². The monoisotopic (exact) mass is 254 g/mol. The Labute approximate surface area is 104 Å². The van der Waals surface area contributed by atoms with E-state index in [0.29, 0.717) is 0 Å². The third-order valence-corrected chi connectivity index (χ3v) is 2.47. The molecule has 1 amide bonds. The fourth-order valence-corrected chi connectivity index (χ4v) is 1.34. The maximum absolute atomic E-state index is 13.2. The van der Waals surface area contributed by atoms with Crippen molar-refractivity contribution in [1.29, 1.82) is 0 Å². The summed E-state index contributed by atoms with van der Waals surface area (Å²) in [6.07, 6.45) is 0.0934. The van der Waals surface area contributed by atoms with Gasteiger partial charge in [0.05, 0.1) is 19.2 Å². The largest absolute Gasteiger partial charge is 0.469 e. The number of carbonyl (C=O) groups is 2. The Balaban J connectivity index is 2.68. The van der Waals surface area contributed by atoms with Crippen LogP contribution in [0, 0.1) is 5.82 Å². The predicted octanol–water partition coefficient (Wildman–Crippen LogP) is 1.04. The minimum absolute atomic E-state index is 0.0104. The summed E-state index contributed by atoms with van der Waals surface area (Å²) in [6.45, 7) is 0.206. The van der Waals surface area contributed by atoms with Crippen LogP contribution in [0.2, 0.25) is 0 Å². The Bertz CT molecular complexity index is 463. The smallest absolute Gasteiger partial charge is 0.307 e. The molecule has 1 rings (SSSR count). The fourth-order valence-electron chi connectivity index (χ4n) is 1.34. The Morgan fingerprint density at radius 1 is 1.44 bits per heavy atom. The number of hydrogen-bond acceptors (Lipinski definition) is 4. The molecule has 0 aliphatic heterocycles. The molecule has 6 heteroatoms. The highest BCUT2D eigenvalue weighted by Gasteiger charge is 2.14. The van der Waals surface area contributed by atoms with Gasteiger partial charge in [0.2, 0.25) is 0 Å². The highest BCUT2D eigenvalue weighted by atomic mass is 19.1. The first-order valence-corrected chi connectivity index (χ1v) is 5.33. The molecule has 0 saturated carbocycles. The quantitative estimate of drug-likeness (QED) is 0.643. The molecular formula is C12H15FN2O3. The molecule has 18 heavy (non-hydrogen) atoms. The summed E-state index contributed by atoms with van der Waals surface area (Å²) < 4.78 is 17.7. The molecule has 0 spiro atoms. The number of amides is 1. The third-order valence-electron chi connectivity index (χ3n) is 2.47. The molecule has 2 N–H and O–H groups in total. The number of hydrogen-bond donors (Lipinski definition) is 1. The lowest BCUT2D eigenvalue weighted by Crippen LogP contribution is -2.29. The van der Waals surface area contributed by atoms with Crippen molar-refractivity contribution in [1.82, 2.24) is 4.90 Å². The van der Waals surface area contributed by atoms with Crippen LogP contribution in [0.5, 0.6) is 0 Å². The Kier molecular flexibility index (Phi) is 4.65. The first-order valence-electron chi connectivity index (χ1n) is 5.33. The normalized spacial score (nSPS) is 9.94. The number of nitrogens with zero attached hydrogens (tertiary/aromatic N) is 1. The van der Waals surface area contributed by atoms with E-state index in [1.807, 2.05) is 0 Å². The van der Waals surface area contributed by atoms with Crippen molar-refractivity contribution in [2.75, 3.05) is 26.4 Å². The fraction of sp³-hybridized carbons (Fsp3) is 0.333. The van der Waals surface area contributed by atoms with Crippen LogP contribution in [0.25, 0.3) is 0 Å². The van der Waals surface area contributed by atoms with Crippen LogP contribution in [-0.2, 0) is 9.53 Å². The summed E-state index contributed by atoms with van der Waals surface area (Å²) in [5, 5.41) is 0. The number of anilines is 1. The molecule has 0 aromatic heterocycles. The molecule has 98 valence electrons. The lowest BCUT2D eigenvalue weighted by Gasteiger charge is -2.16. The number of nitrogens with two attached hydrogens (primary N) is 1. The van der Waals surface area contributed by atoms with Crippen molar-refractivity contribution in [3.05, 3.63) is 29.6 Å². The maximum atomic E-state index is 13.2. The zero-order chi connectivity index (χ0) is 13.7. The minimum Gasteiger partial charge on any atom is -0.469 e. The van der Waals surface area contributed by atoms with Crippen molar-refractivity contribution < 1.29 is 18.7 Å². The molecule has 5 nitrogen and oxygen atoms in total. The number of methoxy groups -OCH3 is 1. The van der Waals surface area contributed by atoms with Crippen LogP contribution in [0.4, 0.5) is 10.1 Å². The number of esters is 1. The first-order chi connectivity index (χ1) is 8.45. The van der Waals surface area contributed by atoms with Gasteiger partial charge in [0.1, 0.15) is 5.82 Å². The van der Waals surface area contributed by atoms with E-state index >= 15 is 0 Å². The number of ether oxygens (including phenoxy) is 1. The molecule has 0 saturated heterocycles. The van der Waals surface area contributed by atoms with E-state index in [0.717, 1.165) is 6.07 Å². The van der Waals surface area contributed by atoms with Crippen molar-refractivity contribution >= 4 is 17.6 Å². The molecule has 1 aromatic carbocycles. The van der Waals surface area contributed by atoms with Crippen molar-refractivity contribution in [2.45, 2.75) is 6.42 Å². The van der Waals surface area contributed by atoms with E-state index in [1.54, 1.807) is 0 Å². The van der Waals surface area contributed by atoms with E-state index in [9.17, 15) is 14.0 Å². The van der Waals surface area contributed by atoms with E-state index in [-0.39, 0.29) is 30.1 Å². The van der Waals surface area contributed by atoms with Gasteiger partial charge in [-0.3, -0.25) is 9.59 Å². The van der Waals surface area contributed by atoms with Gasteiger partial charge in [-0.25, -0.2) is 4.39 Å². The van der Waals surface area contributed by atoms with Crippen LogP contribution < -0.4 is 5.73 Å². The lowest BCUT2D eigenvalue weighted by atomic mass is 10.1. The molecular weight excluding hydrogens is 239 g/mol. The number of carbonyl (C=O) groups excluding carboxylic acids is 2. The zero-order valence-corrected chi connectivity index (χ0v) is 10.3. The summed E-state index contributed by atoms with van der Waals surface area (Å²) >= 11 is 0. The first kappa shape index (κ1) is 14.0. The van der Waals surface area contributed by atoms with Crippen LogP contribution in [-0.4, -0.2) is 37.5 Å². The molecule has 1 aromatic rings. The van der Waals surface area contributed by atoms with E-state index in [4.69, 9.17) is 5.73 Å². The summed E-state index contributed by atoms with van der Waals surface area (Å²) in [6, 6.07) is 3.85. The van der Waals surface area contributed by atoms with Crippen molar-refractivity contribution in [3.63, 3.8) is 0 Å². The second-order valence-corrected chi connectivity index (χ2v) is 3.79. The summed E-state index contributed by atoms with van der Waals surface area (Å²) in [5.41, 5.74) is 5.50. The highest BCUT2D eigenvalue weighted by Crippen LogP contribution is 2.13. The van der Waals surface area contributed by atoms with Gasteiger partial charge in [-0.15, -0.1) is 0 Å². The molecule has 0 aliphatic carbocycles. The van der Waals surface area contributed by atoms with Gasteiger partial charge < -0.3 is 15.4 Å². The van der Waals surface area contributed by atoms with Crippen LogP contribution in [0.3, 0.4) is 0 Å². The third kappa shape index (κ3) is 3.44. The summed E-state index contributed by atoms with van der Waals surface area (Å²) in [7, 11) is 2.80. The Morgan fingerprint density at radius 3 is 2.67 bits per heavy atom. The number of rotatable bonds is 4. The summed E-state index contributed by atoms with van der Waals surface area (Å²) in [4.78, 5) is 24.1. The highest BCUT2D eigenvalue weighted by molar-refractivity contribution is 5.94. The molecule has 0 radical (unpaired) electrons. The maximum Gasteiger partial charge on any atom is 0.307 e.